The number of aryl methyl sites for hydroxylation is 2. The lowest BCUT2D eigenvalue weighted by Gasteiger charge is -2.10. The van der Waals surface area contributed by atoms with Crippen LogP contribution in [0.4, 0.5) is 0 Å². The van der Waals surface area contributed by atoms with Gasteiger partial charge in [-0.1, -0.05) is 11.6 Å². The van der Waals surface area contributed by atoms with Crippen molar-refractivity contribution in [1.82, 2.24) is 4.57 Å². The van der Waals surface area contributed by atoms with Gasteiger partial charge in [-0.05, 0) is 31.5 Å². The average Bonchev–Trinajstić information content (AvgIpc) is 2.53. The summed E-state index contributed by atoms with van der Waals surface area (Å²) in [6.07, 6.45) is 0. The Balaban J connectivity index is 2.95. The Morgan fingerprint density at radius 2 is 2.06 bits per heavy atom. The summed E-state index contributed by atoms with van der Waals surface area (Å²) in [5.74, 6) is 0.821. The highest BCUT2D eigenvalue weighted by molar-refractivity contribution is 6.36. The Kier molecular flexibility index (Phi) is 3.06. The number of halogens is 1. The fraction of sp³-hybridized carbons (Fsp3) is 0.385. The van der Waals surface area contributed by atoms with Gasteiger partial charge in [0.15, 0.2) is 0 Å². The molecule has 92 valence electrons. The Morgan fingerprint density at radius 1 is 1.41 bits per heavy atom. The Bertz CT molecular complexity index is 573. The van der Waals surface area contributed by atoms with Gasteiger partial charge < -0.3 is 15.0 Å². The standard InChI is InChI=1S/C13H17ClN2O/c1-7-11-9(14)5-6-10(17-4)13(11)16(3)12(7)8(2)15/h5-6,8H,15H2,1-4H3. The van der Waals surface area contributed by atoms with Crippen molar-refractivity contribution in [2.45, 2.75) is 19.9 Å². The van der Waals surface area contributed by atoms with Gasteiger partial charge in [-0.2, -0.15) is 0 Å². The molecule has 0 saturated carbocycles. The molecule has 0 radical (unpaired) electrons. The van der Waals surface area contributed by atoms with E-state index in [0.29, 0.717) is 0 Å². The molecule has 2 rings (SSSR count). The predicted molar refractivity (Wildman–Crippen MR) is 71.8 cm³/mol. The minimum atomic E-state index is -0.0341. The highest BCUT2D eigenvalue weighted by Gasteiger charge is 2.19. The number of nitrogens with two attached hydrogens (primary N) is 1. The van der Waals surface area contributed by atoms with Crippen molar-refractivity contribution in [1.29, 1.82) is 0 Å². The highest BCUT2D eigenvalue weighted by Crippen LogP contribution is 2.38. The normalized spacial score (nSPS) is 13.1. The quantitative estimate of drug-likeness (QED) is 0.892. The number of fused-ring (bicyclic) bond motifs is 1. The zero-order valence-electron chi connectivity index (χ0n) is 10.5. The van der Waals surface area contributed by atoms with Crippen LogP contribution in [0.5, 0.6) is 5.75 Å². The van der Waals surface area contributed by atoms with Crippen LogP contribution in [0.1, 0.15) is 24.2 Å². The third-order valence-electron chi connectivity index (χ3n) is 3.20. The van der Waals surface area contributed by atoms with E-state index in [0.717, 1.165) is 32.9 Å². The van der Waals surface area contributed by atoms with Crippen molar-refractivity contribution >= 4 is 22.5 Å². The molecule has 0 aliphatic heterocycles. The average molecular weight is 253 g/mol. The lowest BCUT2D eigenvalue weighted by atomic mass is 10.1. The maximum atomic E-state index is 6.27. The van der Waals surface area contributed by atoms with Gasteiger partial charge in [0.25, 0.3) is 0 Å². The van der Waals surface area contributed by atoms with Crippen LogP contribution >= 0.6 is 11.6 Å². The second-order valence-corrected chi connectivity index (χ2v) is 4.74. The third kappa shape index (κ3) is 1.70. The van der Waals surface area contributed by atoms with E-state index in [1.54, 1.807) is 7.11 Å². The topological polar surface area (TPSA) is 40.2 Å². The first kappa shape index (κ1) is 12.3. The summed E-state index contributed by atoms with van der Waals surface area (Å²) in [6, 6.07) is 3.71. The summed E-state index contributed by atoms with van der Waals surface area (Å²) >= 11 is 6.27. The lowest BCUT2D eigenvalue weighted by Crippen LogP contribution is -2.11. The number of methoxy groups -OCH3 is 1. The van der Waals surface area contributed by atoms with Crippen LogP contribution in [0.2, 0.25) is 5.02 Å². The number of rotatable bonds is 2. The molecule has 1 aromatic heterocycles. The molecule has 4 heteroatoms. The van der Waals surface area contributed by atoms with E-state index in [2.05, 4.69) is 4.57 Å². The summed E-state index contributed by atoms with van der Waals surface area (Å²) in [5.41, 5.74) is 9.24. The van der Waals surface area contributed by atoms with E-state index in [1.807, 2.05) is 33.0 Å². The highest BCUT2D eigenvalue weighted by atomic mass is 35.5. The molecule has 1 aromatic carbocycles. The Morgan fingerprint density at radius 3 is 2.59 bits per heavy atom. The van der Waals surface area contributed by atoms with E-state index < -0.39 is 0 Å². The van der Waals surface area contributed by atoms with Gasteiger partial charge in [0, 0.05) is 24.2 Å². The van der Waals surface area contributed by atoms with Gasteiger partial charge in [-0.25, -0.2) is 0 Å². The summed E-state index contributed by atoms with van der Waals surface area (Å²) in [6.45, 7) is 4.02. The third-order valence-corrected chi connectivity index (χ3v) is 3.51. The van der Waals surface area contributed by atoms with E-state index in [9.17, 15) is 0 Å². The van der Waals surface area contributed by atoms with E-state index >= 15 is 0 Å². The van der Waals surface area contributed by atoms with Crippen LogP contribution in [0.3, 0.4) is 0 Å². The Labute approximate surface area is 106 Å². The van der Waals surface area contributed by atoms with Crippen LogP contribution in [-0.2, 0) is 7.05 Å². The molecule has 2 N–H and O–H groups in total. The summed E-state index contributed by atoms with van der Waals surface area (Å²) < 4.78 is 7.46. The maximum Gasteiger partial charge on any atom is 0.143 e. The fourth-order valence-electron chi connectivity index (χ4n) is 2.55. The van der Waals surface area contributed by atoms with E-state index in [4.69, 9.17) is 22.1 Å². The van der Waals surface area contributed by atoms with Crippen molar-refractivity contribution in [2.24, 2.45) is 12.8 Å². The zero-order chi connectivity index (χ0) is 12.7. The molecule has 17 heavy (non-hydrogen) atoms. The van der Waals surface area contributed by atoms with E-state index in [-0.39, 0.29) is 6.04 Å². The molecule has 0 saturated heterocycles. The summed E-state index contributed by atoms with van der Waals surface area (Å²) in [4.78, 5) is 0. The number of hydrogen-bond acceptors (Lipinski definition) is 2. The fourth-order valence-corrected chi connectivity index (χ4v) is 2.84. The van der Waals surface area contributed by atoms with Crippen LogP contribution in [0, 0.1) is 6.92 Å². The van der Waals surface area contributed by atoms with E-state index in [1.165, 1.54) is 0 Å². The van der Waals surface area contributed by atoms with Gasteiger partial charge in [-0.3, -0.25) is 0 Å². The summed E-state index contributed by atoms with van der Waals surface area (Å²) in [5, 5.41) is 1.77. The van der Waals surface area contributed by atoms with Gasteiger partial charge in [0.05, 0.1) is 17.6 Å². The molecule has 0 bridgehead atoms. The first-order valence-electron chi connectivity index (χ1n) is 5.56. The molecule has 0 aliphatic carbocycles. The number of aromatic nitrogens is 1. The second-order valence-electron chi connectivity index (χ2n) is 4.33. The minimum absolute atomic E-state index is 0.0341. The van der Waals surface area contributed by atoms with Gasteiger partial charge >= 0.3 is 0 Å². The van der Waals surface area contributed by atoms with Crippen LogP contribution in [0.15, 0.2) is 12.1 Å². The zero-order valence-corrected chi connectivity index (χ0v) is 11.3. The van der Waals surface area contributed by atoms with Gasteiger partial charge in [0.1, 0.15) is 5.75 Å². The summed E-state index contributed by atoms with van der Waals surface area (Å²) in [7, 11) is 3.66. The van der Waals surface area contributed by atoms with Crippen LogP contribution in [0.25, 0.3) is 10.9 Å². The van der Waals surface area contributed by atoms with Crippen molar-refractivity contribution in [2.75, 3.05) is 7.11 Å². The molecule has 0 amide bonds. The molecular formula is C13H17ClN2O. The SMILES string of the molecule is COc1ccc(Cl)c2c(C)c(C(C)N)n(C)c12. The number of ether oxygens (including phenoxy) is 1. The molecule has 1 heterocycles. The maximum absolute atomic E-state index is 6.27. The largest absolute Gasteiger partial charge is 0.495 e. The molecule has 0 aliphatic rings. The minimum Gasteiger partial charge on any atom is -0.495 e. The number of nitrogens with zero attached hydrogens (tertiary/aromatic N) is 1. The van der Waals surface area contributed by atoms with Crippen LogP contribution in [-0.4, -0.2) is 11.7 Å². The lowest BCUT2D eigenvalue weighted by molar-refractivity contribution is 0.417. The van der Waals surface area contributed by atoms with Crippen molar-refractivity contribution < 1.29 is 4.74 Å². The second kappa shape index (κ2) is 4.24. The molecule has 0 spiro atoms. The molecule has 1 unspecified atom stereocenters. The first-order valence-corrected chi connectivity index (χ1v) is 5.93. The predicted octanol–water partition coefficient (Wildman–Crippen LogP) is 3.17. The van der Waals surface area contributed by atoms with Crippen molar-refractivity contribution in [3.05, 3.63) is 28.4 Å². The monoisotopic (exact) mass is 252 g/mol. The molecule has 0 fully saturated rings. The van der Waals surface area contributed by atoms with Crippen LogP contribution < -0.4 is 10.5 Å². The van der Waals surface area contributed by atoms with Crippen molar-refractivity contribution in [3.63, 3.8) is 0 Å². The molecule has 1 atom stereocenters. The van der Waals surface area contributed by atoms with Gasteiger partial charge in [-0.15, -0.1) is 0 Å². The molecule has 2 aromatic rings. The first-order chi connectivity index (χ1) is 7.99. The number of benzene rings is 1. The van der Waals surface area contributed by atoms with Crippen molar-refractivity contribution in [3.8, 4) is 5.75 Å². The van der Waals surface area contributed by atoms with Gasteiger partial charge in [0.2, 0.25) is 0 Å². The Hall–Kier alpha value is -1.19. The number of hydrogen-bond donors (Lipinski definition) is 1. The molecule has 3 nitrogen and oxygen atoms in total. The smallest absolute Gasteiger partial charge is 0.143 e. The molecular weight excluding hydrogens is 236 g/mol.